The molecule has 0 fully saturated rings. The van der Waals surface area contributed by atoms with Crippen LogP contribution in [0.5, 0.6) is 0 Å². The van der Waals surface area contributed by atoms with Crippen LogP contribution in [0.15, 0.2) is 36.5 Å². The van der Waals surface area contributed by atoms with Crippen LogP contribution in [0.25, 0.3) is 0 Å². The van der Waals surface area contributed by atoms with Crippen molar-refractivity contribution in [3.8, 4) is 6.07 Å². The number of rotatable bonds is 5. The van der Waals surface area contributed by atoms with Crippen LogP contribution in [-0.4, -0.2) is 44.7 Å². The highest BCUT2D eigenvalue weighted by Gasteiger charge is 2.35. The zero-order valence-electron chi connectivity index (χ0n) is 17.8. The van der Waals surface area contributed by atoms with Crippen LogP contribution < -0.4 is 0 Å². The van der Waals surface area contributed by atoms with E-state index in [-0.39, 0.29) is 42.8 Å². The second kappa shape index (κ2) is 8.67. The quantitative estimate of drug-likeness (QED) is 0.620. The Morgan fingerprint density at radius 1 is 1.38 bits per heavy atom. The molecule has 0 saturated carbocycles. The number of benzene rings is 1. The molecular formula is C23H22FN5O3. The van der Waals surface area contributed by atoms with Crippen molar-refractivity contribution in [1.82, 2.24) is 19.7 Å². The van der Waals surface area contributed by atoms with Crippen LogP contribution in [0.2, 0.25) is 0 Å². The molecule has 3 aromatic rings. The number of aromatic nitrogens is 3. The van der Waals surface area contributed by atoms with Crippen LogP contribution in [0, 0.1) is 17.1 Å². The molecule has 1 N–H and O–H groups in total. The fourth-order valence-corrected chi connectivity index (χ4v) is 4.09. The number of fused-ring (bicyclic) bond motifs is 1. The lowest BCUT2D eigenvalue weighted by atomic mass is 9.95. The zero-order valence-corrected chi connectivity index (χ0v) is 17.8. The van der Waals surface area contributed by atoms with Crippen molar-refractivity contribution in [3.63, 3.8) is 0 Å². The Kier molecular flexibility index (Phi) is 5.77. The van der Waals surface area contributed by atoms with Gasteiger partial charge in [-0.05, 0) is 36.8 Å². The Balaban J connectivity index is 1.73. The first-order valence-electron chi connectivity index (χ1n) is 10.3. The van der Waals surface area contributed by atoms with Crippen molar-refractivity contribution >= 4 is 11.9 Å². The normalized spacial score (nSPS) is 15.2. The van der Waals surface area contributed by atoms with Gasteiger partial charge < -0.3 is 14.6 Å². The van der Waals surface area contributed by atoms with Gasteiger partial charge in [-0.3, -0.25) is 9.48 Å². The number of hydrogen-bond acceptors (Lipinski definition) is 5. The van der Waals surface area contributed by atoms with Gasteiger partial charge in [0.2, 0.25) is 0 Å². The summed E-state index contributed by atoms with van der Waals surface area (Å²) in [5.41, 5.74) is 2.74. The number of H-pyrrole nitrogens is 1. The molecule has 1 atom stereocenters. The standard InChI is InChI=1S/C23H22FN5O3/c1-3-32-23(31)20-17-13-28(22(30)19-5-4-8-26-19)11-14(2)21(17)29(27-20)12-15-6-7-18(24)16(9-15)10-25/h4-9,14,26H,3,11-13H2,1-2H3. The van der Waals surface area contributed by atoms with E-state index in [4.69, 9.17) is 10.00 Å². The molecule has 32 heavy (non-hydrogen) atoms. The monoisotopic (exact) mass is 435 g/mol. The molecule has 1 unspecified atom stereocenters. The number of carbonyl (C=O) groups is 2. The lowest BCUT2D eigenvalue weighted by molar-refractivity contribution is 0.0512. The molecule has 1 aromatic carbocycles. The summed E-state index contributed by atoms with van der Waals surface area (Å²) in [6.07, 6.45) is 1.69. The predicted octanol–water partition coefficient (Wildman–Crippen LogP) is 3.21. The minimum absolute atomic E-state index is 0.0510. The van der Waals surface area contributed by atoms with E-state index in [9.17, 15) is 14.0 Å². The van der Waals surface area contributed by atoms with Gasteiger partial charge in [-0.15, -0.1) is 0 Å². The summed E-state index contributed by atoms with van der Waals surface area (Å²) < 4.78 is 20.6. The molecule has 164 valence electrons. The van der Waals surface area contributed by atoms with Crippen molar-refractivity contribution in [2.45, 2.75) is 32.9 Å². The molecule has 9 heteroatoms. The third kappa shape index (κ3) is 3.87. The third-order valence-electron chi connectivity index (χ3n) is 5.47. The highest BCUT2D eigenvalue weighted by Crippen LogP contribution is 2.32. The molecule has 8 nitrogen and oxygen atoms in total. The van der Waals surface area contributed by atoms with Gasteiger partial charge in [0.15, 0.2) is 5.69 Å². The van der Waals surface area contributed by atoms with Crippen LogP contribution in [0.3, 0.4) is 0 Å². The number of aromatic amines is 1. The maximum Gasteiger partial charge on any atom is 0.359 e. The van der Waals surface area contributed by atoms with E-state index in [1.54, 1.807) is 40.9 Å². The lowest BCUT2D eigenvalue weighted by Crippen LogP contribution is -2.38. The van der Waals surface area contributed by atoms with Crippen molar-refractivity contribution < 1.29 is 18.7 Å². The summed E-state index contributed by atoms with van der Waals surface area (Å²) >= 11 is 0. The van der Waals surface area contributed by atoms with E-state index in [0.29, 0.717) is 23.4 Å². The smallest absolute Gasteiger partial charge is 0.359 e. The number of nitrogens with one attached hydrogen (secondary N) is 1. The molecule has 2 aromatic heterocycles. The van der Waals surface area contributed by atoms with E-state index in [1.165, 1.54) is 12.1 Å². The number of nitriles is 1. The van der Waals surface area contributed by atoms with Crippen molar-refractivity contribution in [2.75, 3.05) is 13.2 Å². The van der Waals surface area contributed by atoms with E-state index in [2.05, 4.69) is 10.1 Å². The van der Waals surface area contributed by atoms with Crippen molar-refractivity contribution in [1.29, 1.82) is 5.26 Å². The summed E-state index contributed by atoms with van der Waals surface area (Å²) in [4.78, 5) is 30.2. The highest BCUT2D eigenvalue weighted by molar-refractivity contribution is 5.93. The van der Waals surface area contributed by atoms with E-state index in [0.717, 1.165) is 5.69 Å². The van der Waals surface area contributed by atoms with Gasteiger partial charge in [0.25, 0.3) is 5.91 Å². The summed E-state index contributed by atoms with van der Waals surface area (Å²) in [6, 6.07) is 9.61. The van der Waals surface area contributed by atoms with Crippen LogP contribution in [0.4, 0.5) is 4.39 Å². The Labute approximate surface area is 184 Å². The number of hydrogen-bond donors (Lipinski definition) is 1. The van der Waals surface area contributed by atoms with E-state index in [1.807, 2.05) is 13.0 Å². The number of nitrogens with zero attached hydrogens (tertiary/aromatic N) is 4. The van der Waals surface area contributed by atoms with E-state index < -0.39 is 11.8 Å². The Hall–Kier alpha value is -3.93. The first kappa shape index (κ1) is 21.3. The summed E-state index contributed by atoms with van der Waals surface area (Å²) in [5.74, 6) is -1.41. The average molecular weight is 435 g/mol. The van der Waals surface area contributed by atoms with Gasteiger partial charge in [-0.25, -0.2) is 9.18 Å². The maximum atomic E-state index is 13.7. The number of ether oxygens (including phenoxy) is 1. The summed E-state index contributed by atoms with van der Waals surface area (Å²) in [7, 11) is 0. The van der Waals surface area contributed by atoms with Crippen molar-refractivity contribution in [3.05, 3.63) is 76.1 Å². The Morgan fingerprint density at radius 2 is 2.19 bits per heavy atom. The second-order valence-electron chi connectivity index (χ2n) is 7.69. The van der Waals surface area contributed by atoms with E-state index >= 15 is 0 Å². The third-order valence-corrected chi connectivity index (χ3v) is 5.47. The fourth-order valence-electron chi connectivity index (χ4n) is 4.09. The molecule has 1 amide bonds. The molecule has 0 spiro atoms. The largest absolute Gasteiger partial charge is 0.461 e. The maximum absolute atomic E-state index is 13.7. The van der Waals surface area contributed by atoms with Gasteiger partial charge in [0.1, 0.15) is 17.6 Å². The topological polar surface area (TPSA) is 104 Å². The minimum Gasteiger partial charge on any atom is -0.461 e. The molecule has 1 aliphatic heterocycles. The molecular weight excluding hydrogens is 413 g/mol. The van der Waals surface area contributed by atoms with Gasteiger partial charge in [0.05, 0.1) is 25.3 Å². The number of halogens is 1. The molecule has 0 radical (unpaired) electrons. The van der Waals surface area contributed by atoms with Gasteiger partial charge in [-0.2, -0.15) is 10.4 Å². The Morgan fingerprint density at radius 3 is 2.88 bits per heavy atom. The molecule has 1 aliphatic rings. The van der Waals surface area contributed by atoms with Crippen LogP contribution in [0.1, 0.15) is 63.1 Å². The van der Waals surface area contributed by atoms with Gasteiger partial charge in [0, 0.05) is 29.9 Å². The first-order chi connectivity index (χ1) is 15.4. The number of esters is 1. The molecule has 0 bridgehead atoms. The lowest BCUT2D eigenvalue weighted by Gasteiger charge is -2.31. The highest BCUT2D eigenvalue weighted by atomic mass is 19.1. The van der Waals surface area contributed by atoms with Crippen LogP contribution >= 0.6 is 0 Å². The summed E-state index contributed by atoms with van der Waals surface area (Å²) in [5, 5.41) is 13.6. The molecule has 4 rings (SSSR count). The SMILES string of the molecule is CCOC(=O)c1nn(Cc2ccc(F)c(C#N)c2)c2c1CN(C(=O)c1ccc[nH]1)CC2C. The second-order valence-corrected chi connectivity index (χ2v) is 7.69. The molecule has 0 aliphatic carbocycles. The van der Waals surface area contributed by atoms with Crippen LogP contribution in [-0.2, 0) is 17.8 Å². The van der Waals surface area contributed by atoms with Crippen molar-refractivity contribution in [2.24, 2.45) is 0 Å². The first-order valence-corrected chi connectivity index (χ1v) is 10.3. The van der Waals surface area contributed by atoms with Gasteiger partial charge in [-0.1, -0.05) is 13.0 Å². The number of carbonyl (C=O) groups excluding carboxylic acids is 2. The Bertz CT molecular complexity index is 1210. The molecule has 0 saturated heterocycles. The fraction of sp³-hybridized carbons (Fsp3) is 0.304. The predicted molar refractivity (Wildman–Crippen MR) is 112 cm³/mol. The minimum atomic E-state index is -0.585. The average Bonchev–Trinajstić information content (AvgIpc) is 3.43. The number of amides is 1. The zero-order chi connectivity index (χ0) is 22.8. The van der Waals surface area contributed by atoms with Gasteiger partial charge >= 0.3 is 5.97 Å². The summed E-state index contributed by atoms with van der Waals surface area (Å²) in [6.45, 7) is 4.80. The molecule has 3 heterocycles.